The van der Waals surface area contributed by atoms with Crippen LogP contribution in [0.2, 0.25) is 0 Å². The lowest BCUT2D eigenvalue weighted by Gasteiger charge is -2.09. The first-order chi connectivity index (χ1) is 9.22. The molecule has 0 aliphatic rings. The molecule has 2 aromatic carbocycles. The number of halogens is 1. The van der Waals surface area contributed by atoms with Crippen molar-refractivity contribution < 1.29 is 4.74 Å². The largest absolute Gasteiger partial charge is 0.489 e. The molecule has 96 valence electrons. The van der Waals surface area contributed by atoms with E-state index in [1.807, 2.05) is 43.3 Å². The van der Waals surface area contributed by atoms with Gasteiger partial charge in [0.05, 0.1) is 11.6 Å². The van der Waals surface area contributed by atoms with Crippen LogP contribution in [-0.4, -0.2) is 0 Å². The number of nitrogens with zero attached hydrogens (tertiary/aromatic N) is 1. The predicted molar refractivity (Wildman–Crippen MR) is 79.3 cm³/mol. The summed E-state index contributed by atoms with van der Waals surface area (Å²) in [7, 11) is 0. The fraction of sp³-hybridized carbons (Fsp3) is 0.188. The Morgan fingerprint density at radius 2 is 2.05 bits per heavy atom. The van der Waals surface area contributed by atoms with E-state index < -0.39 is 0 Å². The van der Waals surface area contributed by atoms with E-state index in [1.165, 1.54) is 5.56 Å². The summed E-state index contributed by atoms with van der Waals surface area (Å²) in [5, 5.41) is 9.65. The highest BCUT2D eigenvalue weighted by Gasteiger charge is 2.02. The second-order valence-corrected chi connectivity index (χ2v) is 4.88. The van der Waals surface area contributed by atoms with E-state index in [0.29, 0.717) is 12.2 Å². The normalized spacial score (nSPS) is 9.95. The third kappa shape index (κ3) is 3.59. The average Bonchev–Trinajstić information content (AvgIpc) is 2.46. The molecule has 0 spiro atoms. The Morgan fingerprint density at radius 3 is 2.74 bits per heavy atom. The lowest BCUT2D eigenvalue weighted by Crippen LogP contribution is -1.98. The molecule has 0 radical (unpaired) electrons. The summed E-state index contributed by atoms with van der Waals surface area (Å²) < 4.78 is 5.79. The average molecular weight is 316 g/mol. The van der Waals surface area contributed by atoms with Gasteiger partial charge in [-0.15, -0.1) is 0 Å². The van der Waals surface area contributed by atoms with Gasteiger partial charge in [0.25, 0.3) is 0 Å². The molecule has 0 atom stereocenters. The van der Waals surface area contributed by atoms with Gasteiger partial charge in [0.15, 0.2) is 0 Å². The van der Waals surface area contributed by atoms with Crippen molar-refractivity contribution >= 4 is 15.9 Å². The molecule has 0 unspecified atom stereocenters. The summed E-state index contributed by atoms with van der Waals surface area (Å²) in [4.78, 5) is 0. The SMILES string of the molecule is Cc1cc(C#N)ccc1COc1cccc(CBr)c1. The summed E-state index contributed by atoms with van der Waals surface area (Å²) in [6.07, 6.45) is 0. The van der Waals surface area contributed by atoms with Crippen LogP contribution in [0.25, 0.3) is 0 Å². The molecule has 0 bridgehead atoms. The Bertz CT molecular complexity index is 616. The van der Waals surface area contributed by atoms with Gasteiger partial charge < -0.3 is 4.74 Å². The van der Waals surface area contributed by atoms with Crippen LogP contribution in [-0.2, 0) is 11.9 Å². The second-order valence-electron chi connectivity index (χ2n) is 4.32. The second kappa shape index (κ2) is 6.40. The van der Waals surface area contributed by atoms with Gasteiger partial charge in [0, 0.05) is 5.33 Å². The topological polar surface area (TPSA) is 33.0 Å². The minimum Gasteiger partial charge on any atom is -0.489 e. The lowest BCUT2D eigenvalue weighted by atomic mass is 10.1. The quantitative estimate of drug-likeness (QED) is 0.786. The highest BCUT2D eigenvalue weighted by molar-refractivity contribution is 9.08. The van der Waals surface area contributed by atoms with Crippen LogP contribution in [0.4, 0.5) is 0 Å². The number of ether oxygens (including phenoxy) is 1. The van der Waals surface area contributed by atoms with Gasteiger partial charge in [0.1, 0.15) is 12.4 Å². The first-order valence-electron chi connectivity index (χ1n) is 6.00. The fourth-order valence-corrected chi connectivity index (χ4v) is 2.16. The monoisotopic (exact) mass is 315 g/mol. The van der Waals surface area contributed by atoms with E-state index >= 15 is 0 Å². The maximum absolute atomic E-state index is 8.83. The number of nitriles is 1. The summed E-state index contributed by atoms with van der Waals surface area (Å²) in [5.74, 6) is 0.862. The highest BCUT2D eigenvalue weighted by atomic mass is 79.9. The summed E-state index contributed by atoms with van der Waals surface area (Å²) in [6, 6.07) is 15.8. The number of aryl methyl sites for hydroxylation is 1. The van der Waals surface area contributed by atoms with Gasteiger partial charge in [-0.05, 0) is 47.9 Å². The molecule has 0 aromatic heterocycles. The van der Waals surface area contributed by atoms with Crippen LogP contribution in [0.15, 0.2) is 42.5 Å². The maximum atomic E-state index is 8.83. The van der Waals surface area contributed by atoms with Crippen molar-refractivity contribution in [1.29, 1.82) is 5.26 Å². The van der Waals surface area contributed by atoms with Gasteiger partial charge in [-0.2, -0.15) is 5.26 Å². The molecule has 0 saturated carbocycles. The molecule has 2 aromatic rings. The molecule has 3 heteroatoms. The number of hydrogen-bond donors (Lipinski definition) is 0. The zero-order valence-corrected chi connectivity index (χ0v) is 12.3. The fourth-order valence-electron chi connectivity index (χ4n) is 1.81. The lowest BCUT2D eigenvalue weighted by molar-refractivity contribution is 0.305. The number of rotatable bonds is 4. The predicted octanol–water partition coefficient (Wildman–Crippen LogP) is 4.34. The molecule has 0 heterocycles. The zero-order chi connectivity index (χ0) is 13.7. The van der Waals surface area contributed by atoms with Gasteiger partial charge in [0.2, 0.25) is 0 Å². The molecule has 2 nitrogen and oxygen atoms in total. The van der Waals surface area contributed by atoms with Gasteiger partial charge in [-0.1, -0.05) is 34.1 Å². The van der Waals surface area contributed by atoms with Crippen LogP contribution in [0, 0.1) is 18.3 Å². The van der Waals surface area contributed by atoms with Crippen molar-refractivity contribution in [2.75, 3.05) is 0 Å². The smallest absolute Gasteiger partial charge is 0.120 e. The van der Waals surface area contributed by atoms with Crippen molar-refractivity contribution in [3.63, 3.8) is 0 Å². The van der Waals surface area contributed by atoms with Crippen LogP contribution in [0.3, 0.4) is 0 Å². The third-order valence-electron chi connectivity index (χ3n) is 2.92. The Hall–Kier alpha value is -1.79. The molecule has 19 heavy (non-hydrogen) atoms. The molecule has 2 rings (SSSR count). The maximum Gasteiger partial charge on any atom is 0.120 e. The van der Waals surface area contributed by atoms with Crippen LogP contribution in [0.1, 0.15) is 22.3 Å². The van der Waals surface area contributed by atoms with E-state index in [-0.39, 0.29) is 0 Å². The Balaban J connectivity index is 2.08. The third-order valence-corrected chi connectivity index (χ3v) is 3.57. The number of alkyl halides is 1. The summed E-state index contributed by atoms with van der Waals surface area (Å²) >= 11 is 3.43. The van der Waals surface area contributed by atoms with Gasteiger partial charge >= 0.3 is 0 Å². The van der Waals surface area contributed by atoms with E-state index in [9.17, 15) is 0 Å². The molecular weight excluding hydrogens is 302 g/mol. The van der Waals surface area contributed by atoms with Crippen molar-refractivity contribution in [2.24, 2.45) is 0 Å². The standard InChI is InChI=1S/C16H14BrNO/c1-12-7-14(10-18)5-6-15(12)11-19-16-4-2-3-13(8-16)9-17/h2-8H,9,11H2,1H3. The van der Waals surface area contributed by atoms with E-state index in [4.69, 9.17) is 10.00 Å². The minimum atomic E-state index is 0.517. The van der Waals surface area contributed by atoms with Crippen LogP contribution in [0.5, 0.6) is 5.75 Å². The van der Waals surface area contributed by atoms with Crippen molar-refractivity contribution in [1.82, 2.24) is 0 Å². The molecule has 0 aliphatic carbocycles. The first kappa shape index (κ1) is 13.6. The van der Waals surface area contributed by atoms with Crippen LogP contribution < -0.4 is 4.74 Å². The van der Waals surface area contributed by atoms with E-state index in [0.717, 1.165) is 22.2 Å². The van der Waals surface area contributed by atoms with Crippen LogP contribution >= 0.6 is 15.9 Å². The molecule has 0 saturated heterocycles. The van der Waals surface area contributed by atoms with E-state index in [1.54, 1.807) is 0 Å². The Morgan fingerprint density at radius 1 is 1.21 bits per heavy atom. The molecular formula is C16H14BrNO. The van der Waals surface area contributed by atoms with Crippen molar-refractivity contribution in [2.45, 2.75) is 18.9 Å². The Kier molecular flexibility index (Phi) is 4.59. The minimum absolute atomic E-state index is 0.517. The zero-order valence-electron chi connectivity index (χ0n) is 10.7. The summed E-state index contributed by atoms with van der Waals surface area (Å²) in [6.45, 7) is 2.51. The number of benzene rings is 2. The van der Waals surface area contributed by atoms with Crippen molar-refractivity contribution in [3.05, 3.63) is 64.7 Å². The number of hydrogen-bond acceptors (Lipinski definition) is 2. The molecule has 0 fully saturated rings. The highest BCUT2D eigenvalue weighted by Crippen LogP contribution is 2.18. The molecule has 0 N–H and O–H groups in total. The molecule has 0 aliphatic heterocycles. The molecule has 0 amide bonds. The Labute approximate surface area is 121 Å². The van der Waals surface area contributed by atoms with Gasteiger partial charge in [-0.25, -0.2) is 0 Å². The van der Waals surface area contributed by atoms with E-state index in [2.05, 4.69) is 28.1 Å². The van der Waals surface area contributed by atoms with Gasteiger partial charge in [-0.3, -0.25) is 0 Å². The van der Waals surface area contributed by atoms with Crippen molar-refractivity contribution in [3.8, 4) is 11.8 Å². The first-order valence-corrected chi connectivity index (χ1v) is 7.12. The summed E-state index contributed by atoms with van der Waals surface area (Å²) in [5.41, 5.74) is 4.05.